The number of rotatable bonds is 10. The Morgan fingerprint density at radius 2 is 1.69 bits per heavy atom. The molecule has 1 aliphatic rings. The SMILES string of the molecule is O=C(CCC(=O)c1ccccc1)NCCc1nc2ccccc2n1CCN1CCOCC1. The number of amides is 1. The number of aromatic nitrogens is 2. The van der Waals surface area contributed by atoms with Crippen LogP contribution in [0.3, 0.4) is 0 Å². The third-order valence-electron chi connectivity index (χ3n) is 5.82. The zero-order valence-corrected chi connectivity index (χ0v) is 18.3. The van der Waals surface area contributed by atoms with Gasteiger partial charge in [-0.3, -0.25) is 14.5 Å². The maximum atomic E-state index is 12.2. The quantitative estimate of drug-likeness (QED) is 0.497. The monoisotopic (exact) mass is 434 g/mol. The number of morpholine rings is 1. The molecule has 0 bridgehead atoms. The van der Waals surface area contributed by atoms with Gasteiger partial charge in [0.1, 0.15) is 5.82 Å². The molecule has 1 aliphatic heterocycles. The van der Waals surface area contributed by atoms with Crippen LogP contribution in [0.25, 0.3) is 11.0 Å². The summed E-state index contributed by atoms with van der Waals surface area (Å²) in [5.41, 5.74) is 2.74. The van der Waals surface area contributed by atoms with E-state index in [0.717, 1.165) is 56.3 Å². The van der Waals surface area contributed by atoms with Gasteiger partial charge in [0.05, 0.1) is 24.2 Å². The fraction of sp³-hybridized carbons (Fsp3) is 0.400. The van der Waals surface area contributed by atoms with E-state index in [1.165, 1.54) is 0 Å². The number of carbonyl (C=O) groups excluding carboxylic acids is 2. The van der Waals surface area contributed by atoms with Gasteiger partial charge < -0.3 is 14.6 Å². The van der Waals surface area contributed by atoms with E-state index in [4.69, 9.17) is 9.72 Å². The predicted molar refractivity (Wildman–Crippen MR) is 124 cm³/mol. The molecule has 2 aromatic carbocycles. The molecule has 1 fully saturated rings. The number of Topliss-reactive ketones (excluding diaryl/α,β-unsaturated/α-hetero) is 1. The van der Waals surface area contributed by atoms with Crippen LogP contribution in [0.5, 0.6) is 0 Å². The van der Waals surface area contributed by atoms with E-state index in [2.05, 4.69) is 20.9 Å². The predicted octanol–water partition coefficient (Wildman–Crippen LogP) is 2.69. The number of ether oxygens (including phenoxy) is 1. The van der Waals surface area contributed by atoms with Crippen molar-refractivity contribution in [1.29, 1.82) is 0 Å². The van der Waals surface area contributed by atoms with Gasteiger partial charge >= 0.3 is 0 Å². The normalized spacial score (nSPS) is 14.5. The van der Waals surface area contributed by atoms with Crippen molar-refractivity contribution in [1.82, 2.24) is 19.8 Å². The van der Waals surface area contributed by atoms with E-state index in [9.17, 15) is 9.59 Å². The third-order valence-corrected chi connectivity index (χ3v) is 5.82. The van der Waals surface area contributed by atoms with Gasteiger partial charge in [-0.25, -0.2) is 4.98 Å². The number of nitrogens with zero attached hydrogens (tertiary/aromatic N) is 3. The molecule has 2 heterocycles. The summed E-state index contributed by atoms with van der Waals surface area (Å²) < 4.78 is 7.70. The van der Waals surface area contributed by atoms with Gasteiger partial charge in [0.15, 0.2) is 5.78 Å². The Labute approximate surface area is 188 Å². The summed E-state index contributed by atoms with van der Waals surface area (Å²) in [5, 5.41) is 2.94. The van der Waals surface area contributed by atoms with Crippen LogP contribution in [-0.2, 0) is 22.5 Å². The second-order valence-corrected chi connectivity index (χ2v) is 8.01. The molecule has 0 saturated carbocycles. The summed E-state index contributed by atoms with van der Waals surface area (Å²) in [5.74, 6) is 0.857. The lowest BCUT2D eigenvalue weighted by Crippen LogP contribution is -2.38. The second kappa shape index (κ2) is 11.0. The molecule has 1 N–H and O–H groups in total. The highest BCUT2D eigenvalue weighted by atomic mass is 16.5. The number of hydrogen-bond donors (Lipinski definition) is 1. The average molecular weight is 435 g/mol. The molecule has 0 aliphatic carbocycles. The minimum atomic E-state index is -0.106. The lowest BCUT2D eigenvalue weighted by molar-refractivity contribution is -0.121. The van der Waals surface area contributed by atoms with Gasteiger partial charge in [-0.15, -0.1) is 0 Å². The Balaban J connectivity index is 1.30. The summed E-state index contributed by atoms with van der Waals surface area (Å²) in [6.07, 6.45) is 1.06. The number of para-hydroxylation sites is 2. The fourth-order valence-electron chi connectivity index (χ4n) is 4.03. The van der Waals surface area contributed by atoms with Crippen molar-refractivity contribution in [2.24, 2.45) is 0 Å². The van der Waals surface area contributed by atoms with Crippen LogP contribution in [0, 0.1) is 0 Å². The summed E-state index contributed by atoms with van der Waals surface area (Å²) in [7, 11) is 0. The summed E-state index contributed by atoms with van der Waals surface area (Å²) in [6.45, 7) is 5.80. The minimum Gasteiger partial charge on any atom is -0.379 e. The highest BCUT2D eigenvalue weighted by molar-refractivity contribution is 5.97. The van der Waals surface area contributed by atoms with Crippen LogP contribution in [0.4, 0.5) is 0 Å². The average Bonchev–Trinajstić information content (AvgIpc) is 3.19. The molecule has 7 nitrogen and oxygen atoms in total. The standard InChI is InChI=1S/C25H30N4O3/c30-23(20-6-2-1-3-7-20)10-11-25(31)26-13-12-24-27-21-8-4-5-9-22(21)29(24)15-14-28-16-18-32-19-17-28/h1-9H,10-19H2,(H,26,31). The van der Waals surface area contributed by atoms with E-state index in [-0.39, 0.29) is 24.5 Å². The lowest BCUT2D eigenvalue weighted by atomic mass is 10.1. The maximum absolute atomic E-state index is 12.2. The minimum absolute atomic E-state index is 0.00865. The van der Waals surface area contributed by atoms with Gasteiger partial charge in [0.25, 0.3) is 0 Å². The molecule has 0 unspecified atom stereocenters. The highest BCUT2D eigenvalue weighted by Crippen LogP contribution is 2.17. The number of benzene rings is 2. The first-order valence-electron chi connectivity index (χ1n) is 11.3. The number of imidazole rings is 1. The van der Waals surface area contributed by atoms with Crippen molar-refractivity contribution in [2.45, 2.75) is 25.8 Å². The molecule has 0 atom stereocenters. The molecule has 1 aromatic heterocycles. The van der Waals surface area contributed by atoms with Crippen LogP contribution in [-0.4, -0.2) is 65.5 Å². The van der Waals surface area contributed by atoms with Gasteiger partial charge in [0.2, 0.25) is 5.91 Å². The molecule has 4 rings (SSSR count). The van der Waals surface area contributed by atoms with Crippen LogP contribution in [0.15, 0.2) is 54.6 Å². The van der Waals surface area contributed by atoms with Crippen molar-refractivity contribution >= 4 is 22.7 Å². The van der Waals surface area contributed by atoms with Crippen LogP contribution >= 0.6 is 0 Å². The number of hydrogen-bond acceptors (Lipinski definition) is 5. The molecular weight excluding hydrogens is 404 g/mol. The first-order chi connectivity index (χ1) is 15.7. The molecule has 7 heteroatoms. The van der Waals surface area contributed by atoms with E-state index in [0.29, 0.717) is 18.5 Å². The lowest BCUT2D eigenvalue weighted by Gasteiger charge is -2.27. The molecule has 0 radical (unpaired) electrons. The number of carbonyl (C=O) groups is 2. The molecule has 0 spiro atoms. The summed E-state index contributed by atoms with van der Waals surface area (Å²) in [4.78, 5) is 31.6. The largest absolute Gasteiger partial charge is 0.379 e. The number of ketones is 1. The van der Waals surface area contributed by atoms with Crippen LogP contribution < -0.4 is 5.32 Å². The summed E-state index contributed by atoms with van der Waals surface area (Å²) >= 11 is 0. The van der Waals surface area contributed by atoms with Crippen LogP contribution in [0.2, 0.25) is 0 Å². The Kier molecular flexibility index (Phi) is 7.64. The Bertz CT molecular complexity index is 1040. The molecular formula is C25H30N4O3. The van der Waals surface area contributed by atoms with Gasteiger partial charge in [-0.2, -0.15) is 0 Å². The van der Waals surface area contributed by atoms with Crippen LogP contribution in [0.1, 0.15) is 29.0 Å². The van der Waals surface area contributed by atoms with Crippen molar-refractivity contribution in [3.05, 3.63) is 66.0 Å². The zero-order valence-electron chi connectivity index (χ0n) is 18.3. The van der Waals surface area contributed by atoms with E-state index in [1.54, 1.807) is 12.1 Å². The molecule has 3 aromatic rings. The highest BCUT2D eigenvalue weighted by Gasteiger charge is 2.15. The van der Waals surface area contributed by atoms with Crippen molar-refractivity contribution in [3.8, 4) is 0 Å². The van der Waals surface area contributed by atoms with Crippen molar-refractivity contribution < 1.29 is 14.3 Å². The second-order valence-electron chi connectivity index (χ2n) is 8.01. The summed E-state index contributed by atoms with van der Waals surface area (Å²) in [6, 6.07) is 17.2. The van der Waals surface area contributed by atoms with Crippen molar-refractivity contribution in [3.63, 3.8) is 0 Å². The van der Waals surface area contributed by atoms with E-state index in [1.807, 2.05) is 36.4 Å². The Hall–Kier alpha value is -3.03. The first-order valence-corrected chi connectivity index (χ1v) is 11.3. The van der Waals surface area contributed by atoms with Crippen molar-refractivity contribution in [2.75, 3.05) is 39.4 Å². The number of fused-ring (bicyclic) bond motifs is 1. The molecule has 1 amide bonds. The first kappa shape index (κ1) is 22.2. The number of nitrogens with one attached hydrogen (secondary N) is 1. The fourth-order valence-corrected chi connectivity index (χ4v) is 4.03. The maximum Gasteiger partial charge on any atom is 0.220 e. The van der Waals surface area contributed by atoms with Gasteiger partial charge in [-0.1, -0.05) is 42.5 Å². The molecule has 32 heavy (non-hydrogen) atoms. The topological polar surface area (TPSA) is 76.5 Å². The molecule has 168 valence electrons. The van der Waals surface area contributed by atoms with E-state index >= 15 is 0 Å². The molecule has 1 saturated heterocycles. The third kappa shape index (κ3) is 5.81. The van der Waals surface area contributed by atoms with Gasteiger partial charge in [-0.05, 0) is 12.1 Å². The smallest absolute Gasteiger partial charge is 0.220 e. The Morgan fingerprint density at radius 3 is 2.50 bits per heavy atom. The zero-order chi connectivity index (χ0) is 22.2. The Morgan fingerprint density at radius 1 is 0.938 bits per heavy atom. The van der Waals surface area contributed by atoms with Gasteiger partial charge in [0, 0.05) is 57.5 Å². The van der Waals surface area contributed by atoms with E-state index < -0.39 is 0 Å².